The number of halogens is 2. The van der Waals surface area contributed by atoms with E-state index in [1.807, 2.05) is 24.0 Å². The molecule has 25 heavy (non-hydrogen) atoms. The number of hydrogen-bond donors (Lipinski definition) is 2. The number of piperidine rings is 1. The average molecular weight is 407 g/mol. The third-order valence-electron chi connectivity index (χ3n) is 4.41. The molecule has 2 N–H and O–H groups in total. The van der Waals surface area contributed by atoms with Gasteiger partial charge in [-0.3, -0.25) is 4.79 Å². The molecular formula is C17H28Cl2N4OS. The first-order valence-corrected chi connectivity index (χ1v) is 9.74. The Morgan fingerprint density at radius 3 is 2.84 bits per heavy atom. The fraction of sp³-hybridized carbons (Fsp3) is 0.647. The Bertz CT molecular complexity index is 523. The molecule has 1 unspecified atom stereocenters. The molecule has 0 spiro atoms. The Kier molecular flexibility index (Phi) is 10.6. The maximum atomic E-state index is 12.1. The number of hydrogen-bond acceptors (Lipinski definition) is 5. The van der Waals surface area contributed by atoms with Gasteiger partial charge in [-0.1, -0.05) is 0 Å². The van der Waals surface area contributed by atoms with Crippen molar-refractivity contribution in [3.63, 3.8) is 0 Å². The van der Waals surface area contributed by atoms with E-state index in [9.17, 15) is 4.79 Å². The van der Waals surface area contributed by atoms with Crippen LogP contribution in [0.1, 0.15) is 31.2 Å². The molecule has 2 fully saturated rings. The number of nitrogens with one attached hydrogen (secondary N) is 2. The van der Waals surface area contributed by atoms with Gasteiger partial charge in [0.15, 0.2) is 0 Å². The lowest BCUT2D eigenvalue weighted by molar-refractivity contribution is -0.121. The first-order chi connectivity index (χ1) is 11.3. The van der Waals surface area contributed by atoms with Gasteiger partial charge in [0.05, 0.1) is 0 Å². The number of anilines is 1. The van der Waals surface area contributed by atoms with Crippen LogP contribution in [0, 0.1) is 0 Å². The summed E-state index contributed by atoms with van der Waals surface area (Å²) in [6, 6.07) is 4.41. The number of nitrogens with zero attached hydrogens (tertiary/aromatic N) is 2. The van der Waals surface area contributed by atoms with E-state index in [0.29, 0.717) is 19.0 Å². The Labute approximate surface area is 166 Å². The third kappa shape index (κ3) is 7.21. The maximum Gasteiger partial charge on any atom is 0.221 e. The van der Waals surface area contributed by atoms with Gasteiger partial charge in [-0.2, -0.15) is 11.8 Å². The van der Waals surface area contributed by atoms with Gasteiger partial charge < -0.3 is 15.5 Å². The summed E-state index contributed by atoms with van der Waals surface area (Å²) in [5, 5.41) is 6.44. The summed E-state index contributed by atoms with van der Waals surface area (Å²) in [5.74, 6) is 3.35. The van der Waals surface area contributed by atoms with Crippen LogP contribution in [0.25, 0.3) is 0 Å². The third-order valence-corrected chi connectivity index (χ3v) is 5.54. The Morgan fingerprint density at radius 2 is 2.12 bits per heavy atom. The molecule has 0 radical (unpaired) electrons. The lowest BCUT2D eigenvalue weighted by Crippen LogP contribution is -2.41. The van der Waals surface area contributed by atoms with Gasteiger partial charge in [0.2, 0.25) is 5.91 Å². The van der Waals surface area contributed by atoms with E-state index < -0.39 is 0 Å². The molecule has 142 valence electrons. The van der Waals surface area contributed by atoms with Gasteiger partial charge >= 0.3 is 0 Å². The standard InChI is InChI=1S/C17H26N4OS.2ClH/c22-17(11-15-13-23-9-6-18-15)20-12-14-4-5-19-16(10-14)21-7-2-1-3-8-21;;/h4-5,10,15,18H,1-3,6-9,11-13H2,(H,20,22);2*1H. The summed E-state index contributed by atoms with van der Waals surface area (Å²) >= 11 is 1.92. The summed E-state index contributed by atoms with van der Waals surface area (Å²) in [6.07, 6.45) is 6.23. The van der Waals surface area contributed by atoms with Crippen molar-refractivity contribution < 1.29 is 4.79 Å². The molecule has 2 aliphatic rings. The number of carbonyl (C=O) groups is 1. The summed E-state index contributed by atoms with van der Waals surface area (Å²) in [4.78, 5) is 18.9. The second-order valence-electron chi connectivity index (χ2n) is 6.28. The van der Waals surface area contributed by atoms with Crippen LogP contribution in [-0.2, 0) is 11.3 Å². The Hall–Kier alpha value is -0.690. The SMILES string of the molecule is Cl.Cl.O=C(CC1CSCCN1)NCc1ccnc(N2CCCCC2)c1. The molecular weight excluding hydrogens is 379 g/mol. The largest absolute Gasteiger partial charge is 0.357 e. The first kappa shape index (κ1) is 22.4. The van der Waals surface area contributed by atoms with E-state index >= 15 is 0 Å². The Balaban J connectivity index is 0.00000156. The lowest BCUT2D eigenvalue weighted by atomic mass is 10.1. The summed E-state index contributed by atoms with van der Waals surface area (Å²) in [7, 11) is 0. The van der Waals surface area contributed by atoms with Crippen LogP contribution in [0.5, 0.6) is 0 Å². The van der Waals surface area contributed by atoms with E-state index in [2.05, 4.69) is 26.6 Å². The number of carbonyl (C=O) groups excluding carboxylic acids is 1. The van der Waals surface area contributed by atoms with Gasteiger partial charge in [-0.25, -0.2) is 4.98 Å². The van der Waals surface area contributed by atoms with Crippen molar-refractivity contribution in [2.24, 2.45) is 0 Å². The zero-order valence-corrected chi connectivity index (χ0v) is 16.9. The minimum absolute atomic E-state index is 0. The number of aromatic nitrogens is 1. The van der Waals surface area contributed by atoms with E-state index in [1.165, 1.54) is 19.3 Å². The molecule has 0 bridgehead atoms. The second kappa shape index (κ2) is 11.8. The smallest absolute Gasteiger partial charge is 0.221 e. The van der Waals surface area contributed by atoms with Crippen molar-refractivity contribution in [3.05, 3.63) is 23.9 Å². The molecule has 0 aromatic carbocycles. The monoisotopic (exact) mass is 406 g/mol. The predicted octanol–water partition coefficient (Wildman–Crippen LogP) is 2.63. The van der Waals surface area contributed by atoms with Crippen molar-refractivity contribution in [1.82, 2.24) is 15.6 Å². The normalized spacial score (nSPS) is 20.2. The number of amides is 1. The summed E-state index contributed by atoms with van der Waals surface area (Å²) in [5.41, 5.74) is 1.12. The molecule has 1 atom stereocenters. The second-order valence-corrected chi connectivity index (χ2v) is 7.43. The molecule has 3 rings (SSSR count). The van der Waals surface area contributed by atoms with E-state index in [1.54, 1.807) is 0 Å². The summed E-state index contributed by atoms with van der Waals surface area (Å²) in [6.45, 7) is 3.77. The van der Waals surface area contributed by atoms with Crippen LogP contribution < -0.4 is 15.5 Å². The van der Waals surface area contributed by atoms with Crippen LogP contribution in [0.3, 0.4) is 0 Å². The molecule has 2 saturated heterocycles. The van der Waals surface area contributed by atoms with Crippen LogP contribution in [0.4, 0.5) is 5.82 Å². The molecule has 8 heteroatoms. The number of pyridine rings is 1. The average Bonchev–Trinajstić information content (AvgIpc) is 2.62. The highest BCUT2D eigenvalue weighted by Gasteiger charge is 2.17. The van der Waals surface area contributed by atoms with E-state index in [4.69, 9.17) is 0 Å². The highest BCUT2D eigenvalue weighted by molar-refractivity contribution is 7.99. The van der Waals surface area contributed by atoms with Crippen molar-refractivity contribution in [1.29, 1.82) is 0 Å². The molecule has 0 aliphatic carbocycles. The van der Waals surface area contributed by atoms with Gasteiger partial charge in [0, 0.05) is 56.3 Å². The van der Waals surface area contributed by atoms with Gasteiger partial charge in [-0.05, 0) is 37.0 Å². The number of rotatable bonds is 5. The molecule has 1 amide bonds. The van der Waals surface area contributed by atoms with Crippen LogP contribution in [-0.4, -0.2) is 48.1 Å². The number of thioether (sulfide) groups is 1. The molecule has 5 nitrogen and oxygen atoms in total. The topological polar surface area (TPSA) is 57.3 Å². The quantitative estimate of drug-likeness (QED) is 0.786. The van der Waals surface area contributed by atoms with Gasteiger partial charge in [-0.15, -0.1) is 24.8 Å². The van der Waals surface area contributed by atoms with Crippen molar-refractivity contribution in [2.45, 2.75) is 38.3 Å². The fourth-order valence-corrected chi connectivity index (χ4v) is 4.06. The Morgan fingerprint density at radius 1 is 1.32 bits per heavy atom. The fourth-order valence-electron chi connectivity index (χ4n) is 3.11. The molecule has 3 heterocycles. The van der Waals surface area contributed by atoms with Gasteiger partial charge in [0.25, 0.3) is 0 Å². The zero-order chi connectivity index (χ0) is 15.9. The van der Waals surface area contributed by atoms with Crippen LogP contribution in [0.15, 0.2) is 18.3 Å². The predicted molar refractivity (Wildman–Crippen MR) is 110 cm³/mol. The molecule has 1 aromatic heterocycles. The minimum Gasteiger partial charge on any atom is -0.357 e. The molecule has 0 saturated carbocycles. The van der Waals surface area contributed by atoms with Gasteiger partial charge in [0.1, 0.15) is 5.82 Å². The lowest BCUT2D eigenvalue weighted by Gasteiger charge is -2.28. The van der Waals surface area contributed by atoms with Crippen molar-refractivity contribution in [3.8, 4) is 0 Å². The summed E-state index contributed by atoms with van der Waals surface area (Å²) < 4.78 is 0. The van der Waals surface area contributed by atoms with Crippen LogP contribution >= 0.6 is 36.6 Å². The van der Waals surface area contributed by atoms with E-state index in [-0.39, 0.29) is 30.7 Å². The highest BCUT2D eigenvalue weighted by atomic mass is 35.5. The molecule has 1 aromatic rings. The van der Waals surface area contributed by atoms with Crippen molar-refractivity contribution in [2.75, 3.05) is 36.0 Å². The first-order valence-electron chi connectivity index (χ1n) is 8.59. The maximum absolute atomic E-state index is 12.1. The zero-order valence-electron chi connectivity index (χ0n) is 14.4. The van der Waals surface area contributed by atoms with Crippen molar-refractivity contribution >= 4 is 48.3 Å². The molecule has 2 aliphatic heterocycles. The van der Waals surface area contributed by atoms with Crippen LogP contribution in [0.2, 0.25) is 0 Å². The highest BCUT2D eigenvalue weighted by Crippen LogP contribution is 2.18. The minimum atomic E-state index is 0. The van der Waals surface area contributed by atoms with E-state index in [0.717, 1.165) is 42.5 Å².